The Morgan fingerprint density at radius 3 is 3.06 bits per heavy atom. The SMILES string of the molecule is NC(=O)CNCc1nc(-c2cccc(F)c2)no1. The minimum Gasteiger partial charge on any atom is -0.369 e. The number of hydrogen-bond donors (Lipinski definition) is 2. The average Bonchev–Trinajstić information content (AvgIpc) is 2.77. The number of primary amides is 1. The number of aromatic nitrogens is 2. The van der Waals surface area contributed by atoms with Gasteiger partial charge in [-0.3, -0.25) is 10.1 Å². The molecule has 18 heavy (non-hydrogen) atoms. The van der Waals surface area contributed by atoms with Gasteiger partial charge in [0.15, 0.2) is 0 Å². The minimum absolute atomic E-state index is 0.0255. The highest BCUT2D eigenvalue weighted by molar-refractivity contribution is 5.75. The number of benzene rings is 1. The molecule has 1 aromatic heterocycles. The first-order valence-electron chi connectivity index (χ1n) is 5.22. The molecule has 2 rings (SSSR count). The van der Waals surface area contributed by atoms with Crippen LogP contribution in [0, 0.1) is 5.82 Å². The van der Waals surface area contributed by atoms with Crippen molar-refractivity contribution >= 4 is 5.91 Å². The van der Waals surface area contributed by atoms with E-state index < -0.39 is 5.91 Å². The van der Waals surface area contributed by atoms with Crippen molar-refractivity contribution in [3.05, 3.63) is 36.0 Å². The summed E-state index contributed by atoms with van der Waals surface area (Å²) in [5.74, 6) is -0.244. The van der Waals surface area contributed by atoms with E-state index in [1.165, 1.54) is 12.1 Å². The Bertz CT molecular complexity index is 555. The molecule has 0 aliphatic rings. The Morgan fingerprint density at radius 2 is 2.33 bits per heavy atom. The molecule has 0 saturated heterocycles. The molecule has 7 heteroatoms. The summed E-state index contributed by atoms with van der Waals surface area (Å²) in [5.41, 5.74) is 5.49. The quantitative estimate of drug-likeness (QED) is 0.803. The smallest absolute Gasteiger partial charge is 0.240 e. The van der Waals surface area contributed by atoms with Crippen molar-refractivity contribution in [1.29, 1.82) is 0 Å². The molecule has 0 aliphatic heterocycles. The first kappa shape index (κ1) is 12.2. The zero-order valence-electron chi connectivity index (χ0n) is 9.39. The molecule has 1 aromatic carbocycles. The maximum absolute atomic E-state index is 13.0. The molecule has 0 saturated carbocycles. The average molecular weight is 250 g/mol. The summed E-state index contributed by atoms with van der Waals surface area (Å²) >= 11 is 0. The van der Waals surface area contributed by atoms with E-state index in [1.807, 2.05) is 0 Å². The van der Waals surface area contributed by atoms with Gasteiger partial charge in [0, 0.05) is 5.56 Å². The standard InChI is InChI=1S/C11H11FN4O2/c12-8-3-1-2-7(4-8)11-15-10(18-16-11)6-14-5-9(13)17/h1-4,14H,5-6H2,(H2,13,17). The Hall–Kier alpha value is -2.28. The van der Waals surface area contributed by atoms with E-state index >= 15 is 0 Å². The predicted molar refractivity (Wildman–Crippen MR) is 60.6 cm³/mol. The van der Waals surface area contributed by atoms with Crippen molar-refractivity contribution < 1.29 is 13.7 Å². The molecule has 94 valence electrons. The highest BCUT2D eigenvalue weighted by atomic mass is 19.1. The van der Waals surface area contributed by atoms with Crippen molar-refractivity contribution in [1.82, 2.24) is 15.5 Å². The van der Waals surface area contributed by atoms with Crippen LogP contribution in [0.15, 0.2) is 28.8 Å². The van der Waals surface area contributed by atoms with Crippen LogP contribution in [-0.4, -0.2) is 22.6 Å². The monoisotopic (exact) mass is 250 g/mol. The Balaban J connectivity index is 2.04. The Morgan fingerprint density at radius 1 is 1.50 bits per heavy atom. The van der Waals surface area contributed by atoms with Crippen LogP contribution in [0.5, 0.6) is 0 Å². The lowest BCUT2D eigenvalue weighted by Crippen LogP contribution is -2.28. The number of rotatable bonds is 5. The first-order chi connectivity index (χ1) is 8.65. The van der Waals surface area contributed by atoms with Crippen molar-refractivity contribution in [2.45, 2.75) is 6.54 Å². The fourth-order valence-electron chi connectivity index (χ4n) is 1.36. The molecule has 0 atom stereocenters. The first-order valence-corrected chi connectivity index (χ1v) is 5.22. The number of nitrogens with two attached hydrogens (primary N) is 1. The number of nitrogens with zero attached hydrogens (tertiary/aromatic N) is 2. The molecule has 3 N–H and O–H groups in total. The van der Waals surface area contributed by atoms with Crippen LogP contribution in [0.4, 0.5) is 4.39 Å². The van der Waals surface area contributed by atoms with Crippen LogP contribution >= 0.6 is 0 Å². The van der Waals surface area contributed by atoms with Gasteiger partial charge < -0.3 is 10.3 Å². The molecule has 0 radical (unpaired) electrons. The van der Waals surface area contributed by atoms with Crippen LogP contribution in [0.2, 0.25) is 0 Å². The third-order valence-electron chi connectivity index (χ3n) is 2.13. The Labute approximate surface area is 102 Å². The summed E-state index contributed by atoms with van der Waals surface area (Å²) in [6, 6.07) is 5.88. The number of halogens is 1. The van der Waals surface area contributed by atoms with Gasteiger partial charge in [-0.25, -0.2) is 4.39 Å². The van der Waals surface area contributed by atoms with Crippen LogP contribution in [0.3, 0.4) is 0 Å². The zero-order valence-corrected chi connectivity index (χ0v) is 9.39. The molecule has 1 heterocycles. The van der Waals surface area contributed by atoms with Gasteiger partial charge in [0.25, 0.3) is 0 Å². The maximum atomic E-state index is 13.0. The van der Waals surface area contributed by atoms with Crippen molar-refractivity contribution in [2.24, 2.45) is 5.73 Å². The fourth-order valence-corrected chi connectivity index (χ4v) is 1.36. The molecule has 1 amide bonds. The summed E-state index contributed by atoms with van der Waals surface area (Å²) < 4.78 is 17.9. The van der Waals surface area contributed by atoms with Gasteiger partial charge in [-0.05, 0) is 12.1 Å². The number of nitrogens with one attached hydrogen (secondary N) is 1. The fraction of sp³-hybridized carbons (Fsp3) is 0.182. The van der Waals surface area contributed by atoms with Crippen LogP contribution in [0.1, 0.15) is 5.89 Å². The molecule has 0 fully saturated rings. The summed E-state index contributed by atoms with van der Waals surface area (Å²) in [4.78, 5) is 14.6. The van der Waals surface area contributed by atoms with E-state index in [-0.39, 0.29) is 18.9 Å². The second-order valence-electron chi connectivity index (χ2n) is 3.59. The van der Waals surface area contributed by atoms with Crippen molar-refractivity contribution in [2.75, 3.05) is 6.54 Å². The number of carbonyl (C=O) groups is 1. The highest BCUT2D eigenvalue weighted by Crippen LogP contribution is 2.16. The number of hydrogen-bond acceptors (Lipinski definition) is 5. The molecular formula is C11H11FN4O2. The van der Waals surface area contributed by atoms with Crippen molar-refractivity contribution in [3.63, 3.8) is 0 Å². The third-order valence-corrected chi connectivity index (χ3v) is 2.13. The predicted octanol–water partition coefficient (Wildman–Crippen LogP) is 0.451. The molecule has 0 aliphatic carbocycles. The topological polar surface area (TPSA) is 94.0 Å². The molecule has 0 bridgehead atoms. The summed E-state index contributed by atoms with van der Waals surface area (Å²) in [7, 11) is 0. The normalized spacial score (nSPS) is 10.5. The number of amides is 1. The largest absolute Gasteiger partial charge is 0.369 e. The van der Waals surface area contributed by atoms with Gasteiger partial charge in [0.2, 0.25) is 17.6 Å². The van der Waals surface area contributed by atoms with Gasteiger partial charge in [0.1, 0.15) is 5.82 Å². The van der Waals surface area contributed by atoms with Crippen molar-refractivity contribution in [3.8, 4) is 11.4 Å². The molecule has 2 aromatic rings. The maximum Gasteiger partial charge on any atom is 0.240 e. The molecule has 0 unspecified atom stereocenters. The highest BCUT2D eigenvalue weighted by Gasteiger charge is 2.09. The van der Waals surface area contributed by atoms with Gasteiger partial charge >= 0.3 is 0 Å². The summed E-state index contributed by atoms with van der Waals surface area (Å²) in [5, 5.41) is 6.45. The van der Waals surface area contributed by atoms with E-state index in [4.69, 9.17) is 10.3 Å². The summed E-state index contributed by atoms with van der Waals surface area (Å²) in [6.07, 6.45) is 0. The van der Waals surface area contributed by atoms with Crippen LogP contribution in [-0.2, 0) is 11.3 Å². The lowest BCUT2D eigenvalue weighted by Gasteiger charge is -1.95. The second-order valence-corrected chi connectivity index (χ2v) is 3.59. The van der Waals surface area contributed by atoms with Gasteiger partial charge in [-0.1, -0.05) is 17.3 Å². The summed E-state index contributed by atoms with van der Waals surface area (Å²) in [6.45, 7) is 0.253. The third kappa shape index (κ3) is 3.11. The van der Waals surface area contributed by atoms with E-state index in [0.717, 1.165) is 0 Å². The second kappa shape index (κ2) is 5.37. The zero-order chi connectivity index (χ0) is 13.0. The van der Waals surface area contributed by atoms with Crippen LogP contribution < -0.4 is 11.1 Å². The van der Waals surface area contributed by atoms with Crippen LogP contribution in [0.25, 0.3) is 11.4 Å². The van der Waals surface area contributed by atoms with Gasteiger partial charge in [0.05, 0.1) is 13.1 Å². The van der Waals surface area contributed by atoms with Gasteiger partial charge in [-0.2, -0.15) is 4.98 Å². The minimum atomic E-state index is -0.472. The van der Waals surface area contributed by atoms with E-state index in [0.29, 0.717) is 17.3 Å². The lowest BCUT2D eigenvalue weighted by molar-refractivity contribution is -0.117. The molecule has 6 nitrogen and oxygen atoms in total. The Kier molecular flexibility index (Phi) is 3.63. The molecule has 0 spiro atoms. The van der Waals surface area contributed by atoms with Gasteiger partial charge in [-0.15, -0.1) is 0 Å². The van der Waals surface area contributed by atoms with E-state index in [1.54, 1.807) is 12.1 Å². The van der Waals surface area contributed by atoms with E-state index in [2.05, 4.69) is 15.5 Å². The van der Waals surface area contributed by atoms with E-state index in [9.17, 15) is 9.18 Å². The molecular weight excluding hydrogens is 239 g/mol. The number of carbonyl (C=O) groups excluding carboxylic acids is 1. The lowest BCUT2D eigenvalue weighted by atomic mass is 10.2.